The van der Waals surface area contributed by atoms with Gasteiger partial charge in [0.1, 0.15) is 4.90 Å². The zero-order chi connectivity index (χ0) is 21.9. The normalized spacial score (nSPS) is 12.8. The molecule has 0 aromatic heterocycles. The first-order valence-corrected chi connectivity index (χ1v) is 10.6. The number of hydrogen-bond donors (Lipinski definition) is 2. The van der Waals surface area contributed by atoms with Crippen LogP contribution in [0.3, 0.4) is 0 Å². The molecular formula is C19H18ClN3O6S. The van der Waals surface area contributed by atoms with E-state index in [4.69, 9.17) is 16.3 Å². The van der Waals surface area contributed by atoms with Crippen LogP contribution in [0.5, 0.6) is 0 Å². The maximum absolute atomic E-state index is 13.2. The Morgan fingerprint density at radius 2 is 1.90 bits per heavy atom. The van der Waals surface area contributed by atoms with E-state index < -0.39 is 34.5 Å². The number of nitrogens with zero attached hydrogens (tertiary/aromatic N) is 1. The number of urea groups is 1. The summed E-state index contributed by atoms with van der Waals surface area (Å²) in [5, 5.41) is 4.07. The van der Waals surface area contributed by atoms with Crippen LogP contribution in [0, 0.1) is 0 Å². The molecule has 0 radical (unpaired) electrons. The van der Waals surface area contributed by atoms with Crippen LogP contribution in [0.1, 0.15) is 15.9 Å². The van der Waals surface area contributed by atoms with Crippen molar-refractivity contribution in [2.45, 2.75) is 11.3 Å². The Morgan fingerprint density at radius 1 is 1.17 bits per heavy atom. The van der Waals surface area contributed by atoms with Crippen LogP contribution in [0.25, 0.3) is 0 Å². The summed E-state index contributed by atoms with van der Waals surface area (Å²) in [6.45, 7) is -0.456. The summed E-state index contributed by atoms with van der Waals surface area (Å²) in [4.78, 5) is 34.6. The average Bonchev–Trinajstić information content (AvgIpc) is 3.17. The highest BCUT2D eigenvalue weighted by atomic mass is 35.5. The highest BCUT2D eigenvalue weighted by Crippen LogP contribution is 2.35. The van der Waals surface area contributed by atoms with Crippen LogP contribution < -0.4 is 14.9 Å². The number of carbonyl (C=O) groups excluding carboxylic acids is 3. The maximum atomic E-state index is 13.2. The average molecular weight is 452 g/mol. The van der Waals surface area contributed by atoms with Crippen molar-refractivity contribution < 1.29 is 27.5 Å². The molecular weight excluding hydrogens is 434 g/mol. The van der Waals surface area contributed by atoms with Crippen molar-refractivity contribution in [2.75, 3.05) is 24.5 Å². The molecule has 0 unspecified atom stereocenters. The SMILES string of the molecule is CNC(=O)NC(=O)COC(=O)c1ccc(Cl)c(S(=O)(=O)N2CCc3ccccc32)c1. The fourth-order valence-corrected chi connectivity index (χ4v) is 4.95. The van der Waals surface area contributed by atoms with Gasteiger partial charge in [-0.05, 0) is 36.2 Å². The number of esters is 1. The van der Waals surface area contributed by atoms with Crippen molar-refractivity contribution in [2.24, 2.45) is 0 Å². The number of fused-ring (bicyclic) bond motifs is 1. The number of sulfonamides is 1. The molecule has 0 atom stereocenters. The highest BCUT2D eigenvalue weighted by molar-refractivity contribution is 7.93. The monoisotopic (exact) mass is 451 g/mol. The van der Waals surface area contributed by atoms with Crippen molar-refractivity contribution in [3.05, 3.63) is 58.6 Å². The van der Waals surface area contributed by atoms with Crippen LogP contribution in [0.4, 0.5) is 10.5 Å². The minimum atomic E-state index is -4.03. The molecule has 0 bridgehead atoms. The number of imide groups is 1. The standard InChI is InChI=1S/C19H18ClN3O6S/c1-21-19(26)22-17(24)11-29-18(25)13-6-7-14(20)16(10-13)30(27,28)23-9-8-12-4-2-3-5-15(12)23/h2-7,10H,8-9,11H2,1H3,(H2,21,22,24,26). The topological polar surface area (TPSA) is 122 Å². The Bertz CT molecular complexity index is 1120. The number of para-hydroxylation sites is 1. The summed E-state index contributed by atoms with van der Waals surface area (Å²) >= 11 is 6.13. The van der Waals surface area contributed by atoms with Gasteiger partial charge >= 0.3 is 12.0 Å². The molecule has 1 heterocycles. The zero-order valence-corrected chi connectivity index (χ0v) is 17.4. The molecule has 3 rings (SSSR count). The van der Waals surface area contributed by atoms with Gasteiger partial charge in [-0.3, -0.25) is 14.4 Å². The molecule has 0 fully saturated rings. The minimum Gasteiger partial charge on any atom is -0.452 e. The first kappa shape index (κ1) is 21.6. The summed E-state index contributed by atoms with van der Waals surface area (Å²) in [6.07, 6.45) is 0.565. The van der Waals surface area contributed by atoms with Crippen LogP contribution in [0.2, 0.25) is 5.02 Å². The third-order valence-corrected chi connectivity index (χ3v) is 6.69. The number of nitrogens with one attached hydrogen (secondary N) is 2. The molecule has 11 heteroatoms. The molecule has 158 valence electrons. The van der Waals surface area contributed by atoms with Crippen LogP contribution in [-0.2, 0) is 26.0 Å². The maximum Gasteiger partial charge on any atom is 0.338 e. The largest absolute Gasteiger partial charge is 0.452 e. The van der Waals surface area contributed by atoms with Gasteiger partial charge in [-0.15, -0.1) is 0 Å². The lowest BCUT2D eigenvalue weighted by molar-refractivity contribution is -0.123. The van der Waals surface area contributed by atoms with Gasteiger partial charge in [-0.1, -0.05) is 29.8 Å². The molecule has 0 aliphatic carbocycles. The van der Waals surface area contributed by atoms with Crippen molar-refractivity contribution in [1.29, 1.82) is 0 Å². The van der Waals surface area contributed by atoms with E-state index >= 15 is 0 Å². The molecule has 9 nitrogen and oxygen atoms in total. The smallest absolute Gasteiger partial charge is 0.338 e. The molecule has 3 amide bonds. The summed E-state index contributed by atoms with van der Waals surface area (Å²) < 4.78 is 32.5. The minimum absolute atomic E-state index is 0.0479. The van der Waals surface area contributed by atoms with Gasteiger partial charge in [0.2, 0.25) is 0 Å². The van der Waals surface area contributed by atoms with E-state index in [2.05, 4.69) is 5.32 Å². The fourth-order valence-electron chi connectivity index (χ4n) is 2.94. The van der Waals surface area contributed by atoms with Gasteiger partial charge in [-0.25, -0.2) is 18.0 Å². The Labute approximate surface area is 178 Å². The predicted octanol–water partition coefficient (Wildman–Crippen LogP) is 1.70. The van der Waals surface area contributed by atoms with Gasteiger partial charge in [0.15, 0.2) is 6.61 Å². The highest BCUT2D eigenvalue weighted by Gasteiger charge is 2.32. The Hall–Kier alpha value is -3.11. The van der Waals surface area contributed by atoms with Gasteiger partial charge in [0, 0.05) is 13.6 Å². The molecule has 0 spiro atoms. The zero-order valence-electron chi connectivity index (χ0n) is 15.8. The number of rotatable bonds is 5. The molecule has 0 saturated heterocycles. The quantitative estimate of drug-likeness (QED) is 0.667. The summed E-state index contributed by atoms with van der Waals surface area (Å²) in [5.74, 6) is -1.77. The molecule has 1 aliphatic rings. The number of ether oxygens (including phenoxy) is 1. The second kappa shape index (κ2) is 8.72. The van der Waals surface area contributed by atoms with Crippen molar-refractivity contribution in [1.82, 2.24) is 10.6 Å². The molecule has 30 heavy (non-hydrogen) atoms. The van der Waals surface area contributed by atoms with E-state index in [1.165, 1.54) is 23.5 Å². The number of amides is 3. The van der Waals surface area contributed by atoms with Gasteiger partial charge in [0.05, 0.1) is 16.3 Å². The van der Waals surface area contributed by atoms with Crippen LogP contribution in [-0.4, -0.2) is 46.5 Å². The number of carbonyl (C=O) groups is 3. The lowest BCUT2D eigenvalue weighted by Crippen LogP contribution is -2.39. The van der Waals surface area contributed by atoms with Crippen molar-refractivity contribution in [3.63, 3.8) is 0 Å². The Balaban J connectivity index is 1.81. The van der Waals surface area contributed by atoms with E-state index in [1.807, 2.05) is 17.4 Å². The van der Waals surface area contributed by atoms with E-state index in [0.29, 0.717) is 12.1 Å². The third kappa shape index (κ3) is 4.39. The van der Waals surface area contributed by atoms with E-state index in [0.717, 1.165) is 11.6 Å². The van der Waals surface area contributed by atoms with Crippen molar-refractivity contribution >= 4 is 45.2 Å². The number of anilines is 1. The molecule has 2 aromatic carbocycles. The van der Waals surface area contributed by atoms with Gasteiger partial charge in [-0.2, -0.15) is 0 Å². The summed E-state index contributed by atoms with van der Waals surface area (Å²) in [7, 11) is -2.71. The second-order valence-electron chi connectivity index (χ2n) is 6.30. The molecule has 1 aliphatic heterocycles. The number of hydrogen-bond acceptors (Lipinski definition) is 6. The van der Waals surface area contributed by atoms with Gasteiger partial charge in [0.25, 0.3) is 15.9 Å². The predicted molar refractivity (Wildman–Crippen MR) is 109 cm³/mol. The Morgan fingerprint density at radius 3 is 2.63 bits per heavy atom. The second-order valence-corrected chi connectivity index (χ2v) is 8.54. The lowest BCUT2D eigenvalue weighted by Gasteiger charge is -2.20. The van der Waals surface area contributed by atoms with Crippen LogP contribution in [0.15, 0.2) is 47.4 Å². The van der Waals surface area contributed by atoms with Gasteiger partial charge < -0.3 is 10.1 Å². The van der Waals surface area contributed by atoms with E-state index in [9.17, 15) is 22.8 Å². The molecule has 2 aromatic rings. The Kier molecular flexibility index (Phi) is 6.28. The first-order valence-electron chi connectivity index (χ1n) is 8.83. The van der Waals surface area contributed by atoms with E-state index in [-0.39, 0.29) is 22.0 Å². The first-order chi connectivity index (χ1) is 14.2. The summed E-state index contributed by atoms with van der Waals surface area (Å²) in [6, 6.07) is 10.1. The number of benzene rings is 2. The molecule has 0 saturated carbocycles. The fraction of sp³-hybridized carbons (Fsp3) is 0.211. The van der Waals surface area contributed by atoms with Crippen molar-refractivity contribution in [3.8, 4) is 0 Å². The third-order valence-electron chi connectivity index (χ3n) is 4.39. The van der Waals surface area contributed by atoms with Crippen LogP contribution >= 0.6 is 11.6 Å². The summed E-state index contributed by atoms with van der Waals surface area (Å²) in [5.41, 5.74) is 1.36. The molecule has 2 N–H and O–H groups in total. The number of halogens is 1. The lowest BCUT2D eigenvalue weighted by atomic mass is 10.2. The van der Waals surface area contributed by atoms with E-state index in [1.54, 1.807) is 12.1 Å².